The van der Waals surface area contributed by atoms with Gasteiger partial charge in [-0.3, -0.25) is 4.21 Å². The molecule has 5 heteroatoms. The van der Waals surface area contributed by atoms with E-state index in [0.29, 0.717) is 6.42 Å². The highest BCUT2D eigenvalue weighted by Gasteiger charge is 2.09. The van der Waals surface area contributed by atoms with Gasteiger partial charge in [-0.15, -0.1) is 0 Å². The van der Waals surface area contributed by atoms with Gasteiger partial charge in [0.25, 0.3) is 0 Å². The van der Waals surface area contributed by atoms with Gasteiger partial charge < -0.3 is 9.29 Å². The molecule has 0 saturated heterocycles. The van der Waals surface area contributed by atoms with Gasteiger partial charge in [0.15, 0.2) is 0 Å². The number of esters is 1. The molecule has 0 aliphatic rings. The molecule has 0 rings (SSSR count). The lowest BCUT2D eigenvalue weighted by Gasteiger charge is -2.10. The summed E-state index contributed by atoms with van der Waals surface area (Å²) in [4.78, 5) is 11.0. The summed E-state index contributed by atoms with van der Waals surface area (Å²) in [5.41, 5.74) is 0.147. The molecular weight excluding hydrogens is 180 g/mol. The number of carbonyl (C=O) groups excluding carboxylic acids is 1. The van der Waals surface area contributed by atoms with Crippen molar-refractivity contribution in [2.75, 3.05) is 7.11 Å². The lowest BCUT2D eigenvalue weighted by molar-refractivity contribution is -0.136. The second kappa shape index (κ2) is 5.05. The highest BCUT2D eigenvalue weighted by molar-refractivity contribution is 7.83. The Kier molecular flexibility index (Phi) is 4.77. The van der Waals surface area contributed by atoms with E-state index in [1.165, 1.54) is 14.0 Å². The smallest absolute Gasteiger partial charge is 0.334 e. The largest absolute Gasteiger partial charge is 0.769 e. The van der Waals surface area contributed by atoms with E-state index in [4.69, 9.17) is 0 Å². The molecule has 0 amide bonds. The number of ether oxygens (including phenoxy) is 1. The van der Waals surface area contributed by atoms with Crippen LogP contribution in [-0.4, -0.2) is 21.8 Å². The molecule has 1 unspecified atom stereocenters. The molecule has 12 heavy (non-hydrogen) atoms. The maximum atomic E-state index is 10.9. The van der Waals surface area contributed by atoms with Crippen LogP contribution in [0.2, 0.25) is 0 Å². The topological polar surface area (TPSA) is 66.4 Å². The van der Waals surface area contributed by atoms with E-state index in [2.05, 4.69) is 4.74 Å². The molecular formula is C7H11O4S-. The van der Waals surface area contributed by atoms with Crippen LogP contribution in [0.5, 0.6) is 0 Å². The van der Waals surface area contributed by atoms with Crippen LogP contribution < -0.4 is 0 Å². The van der Waals surface area contributed by atoms with E-state index in [1.54, 1.807) is 6.92 Å². The standard InChI is InChI=1S/C7H12O4S/c1-4-6(12(9)10)5(2)7(8)11-3/h4H2,1-3H3,(H,9,10)/p-1. The number of rotatable bonds is 3. The second-order valence-corrected chi connectivity index (χ2v) is 3.09. The van der Waals surface area contributed by atoms with Crippen molar-refractivity contribution in [2.45, 2.75) is 20.3 Å². The molecule has 0 radical (unpaired) electrons. The SMILES string of the molecule is CCC(=C(C)C(=O)OC)S(=O)[O-]. The Labute approximate surface area is 73.9 Å². The van der Waals surface area contributed by atoms with E-state index in [-0.39, 0.29) is 10.5 Å². The lowest BCUT2D eigenvalue weighted by atomic mass is 10.2. The molecule has 0 aromatic heterocycles. The average molecular weight is 191 g/mol. The molecule has 0 aliphatic carbocycles. The summed E-state index contributed by atoms with van der Waals surface area (Å²) in [5, 5.41) is 0. The van der Waals surface area contributed by atoms with E-state index >= 15 is 0 Å². The van der Waals surface area contributed by atoms with Crippen LogP contribution in [0.4, 0.5) is 0 Å². The summed E-state index contributed by atoms with van der Waals surface area (Å²) < 4.78 is 25.4. The van der Waals surface area contributed by atoms with Crippen LogP contribution in [0.25, 0.3) is 0 Å². The number of allylic oxidation sites excluding steroid dienone is 1. The Morgan fingerprint density at radius 1 is 1.58 bits per heavy atom. The fraction of sp³-hybridized carbons (Fsp3) is 0.571. The minimum absolute atomic E-state index is 0.0989. The van der Waals surface area contributed by atoms with Crippen molar-refractivity contribution < 1.29 is 18.3 Å². The summed E-state index contributed by atoms with van der Waals surface area (Å²) in [6.07, 6.45) is 0.303. The maximum absolute atomic E-state index is 10.9. The number of carbonyl (C=O) groups is 1. The van der Waals surface area contributed by atoms with Gasteiger partial charge in [-0.2, -0.15) is 0 Å². The summed E-state index contributed by atoms with van der Waals surface area (Å²) in [6.45, 7) is 3.10. The zero-order chi connectivity index (χ0) is 9.72. The Morgan fingerprint density at radius 3 is 2.33 bits per heavy atom. The first-order valence-corrected chi connectivity index (χ1v) is 4.49. The normalized spacial score (nSPS) is 15.0. The van der Waals surface area contributed by atoms with Crippen LogP contribution in [0, 0.1) is 0 Å². The quantitative estimate of drug-likeness (QED) is 0.374. The van der Waals surface area contributed by atoms with Crippen molar-refractivity contribution in [2.24, 2.45) is 0 Å². The van der Waals surface area contributed by atoms with E-state index in [0.717, 1.165) is 0 Å². The lowest BCUT2D eigenvalue weighted by Crippen LogP contribution is -2.07. The number of hydrogen-bond acceptors (Lipinski definition) is 4. The minimum atomic E-state index is -2.33. The predicted molar refractivity (Wildman–Crippen MR) is 43.9 cm³/mol. The maximum Gasteiger partial charge on any atom is 0.334 e. The van der Waals surface area contributed by atoms with Crippen molar-refractivity contribution in [3.63, 3.8) is 0 Å². The first-order valence-electron chi connectivity index (χ1n) is 3.41. The molecule has 0 bridgehead atoms. The number of methoxy groups -OCH3 is 1. The molecule has 0 aliphatic heterocycles. The van der Waals surface area contributed by atoms with Gasteiger partial charge in [-0.25, -0.2) is 4.79 Å². The number of hydrogen-bond donors (Lipinski definition) is 0. The van der Waals surface area contributed by atoms with Crippen LogP contribution in [0.15, 0.2) is 10.5 Å². The second-order valence-electron chi connectivity index (χ2n) is 2.13. The van der Waals surface area contributed by atoms with Crippen molar-refractivity contribution in [3.8, 4) is 0 Å². The van der Waals surface area contributed by atoms with Gasteiger partial charge in [0.2, 0.25) is 0 Å². The Morgan fingerprint density at radius 2 is 2.08 bits per heavy atom. The summed E-state index contributed by atoms with van der Waals surface area (Å²) in [7, 11) is 1.22. The molecule has 0 spiro atoms. The van der Waals surface area contributed by atoms with Crippen LogP contribution in [-0.2, 0) is 20.6 Å². The van der Waals surface area contributed by atoms with Gasteiger partial charge in [0.05, 0.1) is 7.11 Å². The Bertz CT molecular complexity index is 232. The van der Waals surface area contributed by atoms with Gasteiger partial charge in [-0.05, 0) is 24.4 Å². The molecule has 70 valence electrons. The molecule has 0 fully saturated rings. The third-order valence-electron chi connectivity index (χ3n) is 1.43. The predicted octanol–water partition coefficient (Wildman–Crippen LogP) is 0.723. The van der Waals surface area contributed by atoms with Crippen molar-refractivity contribution in [1.29, 1.82) is 0 Å². The van der Waals surface area contributed by atoms with E-state index in [9.17, 15) is 13.6 Å². The molecule has 0 saturated carbocycles. The fourth-order valence-electron chi connectivity index (χ4n) is 0.775. The molecule has 4 nitrogen and oxygen atoms in total. The highest BCUT2D eigenvalue weighted by Crippen LogP contribution is 2.12. The average Bonchev–Trinajstić information content (AvgIpc) is 2.03. The van der Waals surface area contributed by atoms with E-state index < -0.39 is 17.0 Å². The first kappa shape index (κ1) is 11.3. The fourth-order valence-corrected chi connectivity index (χ4v) is 1.34. The zero-order valence-electron chi connectivity index (χ0n) is 7.25. The minimum Gasteiger partial charge on any atom is -0.769 e. The third kappa shape index (κ3) is 2.75. The Balaban J connectivity index is 4.84. The molecule has 0 heterocycles. The highest BCUT2D eigenvalue weighted by atomic mass is 32.2. The van der Waals surface area contributed by atoms with E-state index in [1.807, 2.05) is 0 Å². The summed E-state index contributed by atoms with van der Waals surface area (Å²) in [5.74, 6) is -0.601. The molecule has 0 aromatic rings. The molecule has 1 atom stereocenters. The van der Waals surface area contributed by atoms with Gasteiger partial charge in [0, 0.05) is 10.5 Å². The Hall–Kier alpha value is -0.680. The van der Waals surface area contributed by atoms with Gasteiger partial charge in [-0.1, -0.05) is 6.92 Å². The van der Waals surface area contributed by atoms with Crippen molar-refractivity contribution in [1.82, 2.24) is 0 Å². The zero-order valence-corrected chi connectivity index (χ0v) is 8.06. The third-order valence-corrected chi connectivity index (χ3v) is 2.43. The van der Waals surface area contributed by atoms with Gasteiger partial charge >= 0.3 is 5.97 Å². The van der Waals surface area contributed by atoms with Crippen molar-refractivity contribution in [3.05, 3.63) is 10.5 Å². The molecule has 0 aromatic carbocycles. The first-order chi connectivity index (χ1) is 5.54. The van der Waals surface area contributed by atoms with Crippen molar-refractivity contribution >= 4 is 17.0 Å². The summed E-state index contributed by atoms with van der Waals surface area (Å²) >= 11 is -2.33. The molecule has 0 N–H and O–H groups in total. The van der Waals surface area contributed by atoms with Crippen LogP contribution >= 0.6 is 0 Å². The van der Waals surface area contributed by atoms with Crippen LogP contribution in [0.1, 0.15) is 20.3 Å². The monoisotopic (exact) mass is 191 g/mol. The van der Waals surface area contributed by atoms with Gasteiger partial charge in [0.1, 0.15) is 0 Å². The summed E-state index contributed by atoms with van der Waals surface area (Å²) in [6, 6.07) is 0. The van der Waals surface area contributed by atoms with Crippen LogP contribution in [0.3, 0.4) is 0 Å².